The SMILES string of the molecule is CC[C@@H]1C(=O)C2C3CC[C@H]([C@H](C)CCC(=O)OC)[C@@]3(C)CCC2[C@@]2(C)CC[C@@H](OC(C)=O)C[C@@H]12. The van der Waals surface area contributed by atoms with Crippen LogP contribution < -0.4 is 0 Å². The lowest BCUT2D eigenvalue weighted by Gasteiger charge is -2.62. The number of carbonyl (C=O) groups is 3. The van der Waals surface area contributed by atoms with E-state index in [0.717, 1.165) is 44.9 Å². The van der Waals surface area contributed by atoms with Gasteiger partial charge in [0.1, 0.15) is 11.9 Å². The number of ether oxygens (including phenoxy) is 2. The van der Waals surface area contributed by atoms with Gasteiger partial charge >= 0.3 is 11.9 Å². The molecule has 5 heteroatoms. The number of hydrogen-bond donors (Lipinski definition) is 0. The lowest BCUT2D eigenvalue weighted by atomic mass is 9.42. The van der Waals surface area contributed by atoms with Gasteiger partial charge in [-0.25, -0.2) is 0 Å². The first kappa shape index (κ1) is 25.7. The van der Waals surface area contributed by atoms with Crippen LogP contribution in [0.2, 0.25) is 0 Å². The first-order chi connectivity index (χ1) is 16.1. The minimum absolute atomic E-state index is 0.0330. The van der Waals surface area contributed by atoms with Crippen LogP contribution in [0.1, 0.15) is 98.8 Å². The molecule has 0 spiro atoms. The predicted molar refractivity (Wildman–Crippen MR) is 131 cm³/mol. The second-order valence-electron chi connectivity index (χ2n) is 12.6. The zero-order chi connectivity index (χ0) is 24.8. The average Bonchev–Trinajstić information content (AvgIpc) is 3.15. The van der Waals surface area contributed by atoms with Crippen LogP contribution in [-0.2, 0) is 23.9 Å². The van der Waals surface area contributed by atoms with E-state index in [1.807, 2.05) is 0 Å². The minimum Gasteiger partial charge on any atom is -0.469 e. The molecule has 10 atom stereocenters. The third kappa shape index (κ3) is 4.13. The Hall–Kier alpha value is -1.39. The van der Waals surface area contributed by atoms with Crippen molar-refractivity contribution in [3.63, 3.8) is 0 Å². The summed E-state index contributed by atoms with van der Waals surface area (Å²) in [5, 5.41) is 0. The maximum atomic E-state index is 14.2. The summed E-state index contributed by atoms with van der Waals surface area (Å²) in [5.74, 6) is 2.73. The maximum absolute atomic E-state index is 14.2. The molecule has 3 unspecified atom stereocenters. The highest BCUT2D eigenvalue weighted by molar-refractivity contribution is 5.86. The number of fused-ring (bicyclic) bond motifs is 5. The molecule has 0 amide bonds. The highest BCUT2D eigenvalue weighted by Crippen LogP contribution is 2.68. The van der Waals surface area contributed by atoms with Crippen molar-refractivity contribution in [2.45, 2.75) is 105 Å². The van der Waals surface area contributed by atoms with E-state index in [1.165, 1.54) is 26.9 Å². The zero-order valence-corrected chi connectivity index (χ0v) is 22.2. The summed E-state index contributed by atoms with van der Waals surface area (Å²) in [5.41, 5.74) is 0.342. The number of rotatable bonds is 6. The fourth-order valence-corrected chi connectivity index (χ4v) is 9.59. The van der Waals surface area contributed by atoms with Gasteiger partial charge in [0.2, 0.25) is 0 Å². The summed E-state index contributed by atoms with van der Waals surface area (Å²) in [6.45, 7) is 10.9. The van der Waals surface area contributed by atoms with Crippen LogP contribution >= 0.6 is 0 Å². The van der Waals surface area contributed by atoms with Crippen LogP contribution in [0.4, 0.5) is 0 Å². The van der Waals surface area contributed by atoms with Crippen molar-refractivity contribution in [3.05, 3.63) is 0 Å². The lowest BCUT2D eigenvalue weighted by Crippen LogP contribution is -2.60. The Kier molecular flexibility index (Phi) is 7.24. The molecule has 34 heavy (non-hydrogen) atoms. The summed E-state index contributed by atoms with van der Waals surface area (Å²) in [7, 11) is 1.47. The molecule has 4 saturated carbocycles. The normalized spacial score (nSPS) is 44.4. The summed E-state index contributed by atoms with van der Waals surface area (Å²) in [6, 6.07) is 0. The van der Waals surface area contributed by atoms with Gasteiger partial charge in [-0.3, -0.25) is 14.4 Å². The van der Waals surface area contributed by atoms with Gasteiger partial charge in [-0.05, 0) is 98.2 Å². The second kappa shape index (κ2) is 9.58. The van der Waals surface area contributed by atoms with E-state index in [4.69, 9.17) is 9.47 Å². The van der Waals surface area contributed by atoms with Crippen molar-refractivity contribution >= 4 is 17.7 Å². The van der Waals surface area contributed by atoms with Gasteiger partial charge < -0.3 is 9.47 Å². The Bertz CT molecular complexity index is 806. The average molecular weight is 475 g/mol. The van der Waals surface area contributed by atoms with Crippen molar-refractivity contribution < 1.29 is 23.9 Å². The number of ketones is 1. The largest absolute Gasteiger partial charge is 0.469 e. The lowest BCUT2D eigenvalue weighted by molar-refractivity contribution is -0.178. The summed E-state index contributed by atoms with van der Waals surface area (Å²) < 4.78 is 10.5. The van der Waals surface area contributed by atoms with Gasteiger partial charge in [0, 0.05) is 25.2 Å². The zero-order valence-electron chi connectivity index (χ0n) is 22.2. The highest BCUT2D eigenvalue weighted by Gasteiger charge is 2.65. The molecule has 0 aromatic heterocycles. The quantitative estimate of drug-likeness (QED) is 0.443. The number of methoxy groups -OCH3 is 1. The number of hydrogen-bond acceptors (Lipinski definition) is 5. The van der Waals surface area contributed by atoms with Crippen LogP contribution in [0, 0.1) is 52.3 Å². The van der Waals surface area contributed by atoms with E-state index in [1.54, 1.807) is 0 Å². The van der Waals surface area contributed by atoms with Gasteiger partial charge in [0.05, 0.1) is 7.11 Å². The van der Waals surface area contributed by atoms with Crippen LogP contribution in [-0.4, -0.2) is 30.9 Å². The Morgan fingerprint density at radius 2 is 1.71 bits per heavy atom. The molecule has 0 saturated heterocycles. The highest BCUT2D eigenvalue weighted by atomic mass is 16.5. The fourth-order valence-electron chi connectivity index (χ4n) is 9.59. The number of esters is 2. The van der Waals surface area contributed by atoms with E-state index in [-0.39, 0.29) is 40.7 Å². The number of carbonyl (C=O) groups excluding carboxylic acids is 3. The molecular weight excluding hydrogens is 428 g/mol. The van der Waals surface area contributed by atoms with Crippen LogP contribution in [0.3, 0.4) is 0 Å². The molecule has 0 aliphatic heterocycles. The third-order valence-corrected chi connectivity index (χ3v) is 11.2. The predicted octanol–water partition coefficient (Wildman–Crippen LogP) is 5.98. The molecule has 0 radical (unpaired) electrons. The molecule has 4 rings (SSSR count). The van der Waals surface area contributed by atoms with Crippen molar-refractivity contribution in [2.75, 3.05) is 7.11 Å². The Balaban J connectivity index is 1.57. The Morgan fingerprint density at radius 1 is 1.03 bits per heavy atom. The topological polar surface area (TPSA) is 69.7 Å². The first-order valence-electron chi connectivity index (χ1n) is 13.8. The monoisotopic (exact) mass is 474 g/mol. The van der Waals surface area contributed by atoms with E-state index >= 15 is 0 Å². The second-order valence-corrected chi connectivity index (χ2v) is 12.6. The molecule has 5 nitrogen and oxygen atoms in total. The molecule has 0 bridgehead atoms. The molecule has 4 aliphatic carbocycles. The molecule has 4 fully saturated rings. The summed E-state index contributed by atoms with van der Waals surface area (Å²) >= 11 is 0. The van der Waals surface area contributed by atoms with Crippen molar-refractivity contribution in [1.29, 1.82) is 0 Å². The Morgan fingerprint density at radius 3 is 2.35 bits per heavy atom. The van der Waals surface area contributed by atoms with Crippen molar-refractivity contribution in [3.8, 4) is 0 Å². The van der Waals surface area contributed by atoms with E-state index < -0.39 is 0 Å². The van der Waals surface area contributed by atoms with Gasteiger partial charge in [-0.2, -0.15) is 0 Å². The maximum Gasteiger partial charge on any atom is 0.305 e. The van der Waals surface area contributed by atoms with E-state index in [2.05, 4.69) is 27.7 Å². The molecule has 0 aromatic carbocycles. The molecule has 0 aromatic rings. The van der Waals surface area contributed by atoms with Crippen LogP contribution in [0.15, 0.2) is 0 Å². The Labute approximate surface area is 206 Å². The van der Waals surface area contributed by atoms with E-state index in [0.29, 0.717) is 41.8 Å². The molecule has 0 N–H and O–H groups in total. The van der Waals surface area contributed by atoms with Crippen LogP contribution in [0.25, 0.3) is 0 Å². The van der Waals surface area contributed by atoms with Gasteiger partial charge in [0.15, 0.2) is 0 Å². The fraction of sp³-hybridized carbons (Fsp3) is 0.897. The van der Waals surface area contributed by atoms with Crippen molar-refractivity contribution in [2.24, 2.45) is 52.3 Å². The minimum atomic E-state index is -0.201. The molecule has 192 valence electrons. The molecule has 4 aliphatic rings. The third-order valence-electron chi connectivity index (χ3n) is 11.2. The van der Waals surface area contributed by atoms with Crippen molar-refractivity contribution in [1.82, 2.24) is 0 Å². The summed E-state index contributed by atoms with van der Waals surface area (Å²) in [4.78, 5) is 37.5. The molecular formula is C29H46O5. The number of Topliss-reactive ketones (excluding diaryl/α,β-unsaturated/α-hetero) is 1. The van der Waals surface area contributed by atoms with E-state index in [9.17, 15) is 14.4 Å². The van der Waals surface area contributed by atoms with Gasteiger partial charge in [-0.15, -0.1) is 0 Å². The van der Waals surface area contributed by atoms with Gasteiger partial charge in [-0.1, -0.05) is 27.7 Å². The van der Waals surface area contributed by atoms with Gasteiger partial charge in [0.25, 0.3) is 0 Å². The smallest absolute Gasteiger partial charge is 0.305 e. The first-order valence-corrected chi connectivity index (χ1v) is 13.8. The standard InChI is InChI=1S/C29H46O5/c1-7-20-24-16-19(34-18(3)30)12-14-29(24,5)23-13-15-28(4)21(17(2)8-11-25(31)33-6)9-10-22(28)26(23)27(20)32/h17,19-24,26H,7-16H2,1-6H3/t17-,19-,20+,21-,22?,23?,24+,26?,28-,29-/m1/s1. The molecule has 0 heterocycles. The summed E-state index contributed by atoms with van der Waals surface area (Å²) in [6.07, 6.45) is 9.67. The van der Waals surface area contributed by atoms with Crippen LogP contribution in [0.5, 0.6) is 0 Å².